The first-order chi connectivity index (χ1) is 12.3. The lowest BCUT2D eigenvalue weighted by molar-refractivity contribution is 0.0775. The highest BCUT2D eigenvalue weighted by atomic mass is 35.5. The first kappa shape index (κ1) is 16.9. The number of hydrogen-bond donors (Lipinski definition) is 1. The van der Waals surface area contributed by atoms with Gasteiger partial charge in [0.25, 0.3) is 0 Å². The average Bonchev–Trinajstić information content (AvgIpc) is 2.67. The van der Waals surface area contributed by atoms with Crippen molar-refractivity contribution in [3.8, 4) is 0 Å². The summed E-state index contributed by atoms with van der Waals surface area (Å²) in [5, 5.41) is 3.82. The van der Waals surface area contributed by atoms with Gasteiger partial charge in [-0.3, -0.25) is 0 Å². The number of rotatable bonds is 4. The van der Waals surface area contributed by atoms with Crippen molar-refractivity contribution in [2.24, 2.45) is 0 Å². The molecule has 0 aliphatic carbocycles. The van der Waals surface area contributed by atoms with Gasteiger partial charge in [0.15, 0.2) is 5.82 Å². The van der Waals surface area contributed by atoms with Crippen LogP contribution in [0.3, 0.4) is 0 Å². The predicted octanol–water partition coefficient (Wildman–Crippen LogP) is 1.78. The zero-order chi connectivity index (χ0) is 17.1. The Morgan fingerprint density at radius 1 is 1.04 bits per heavy atom. The van der Waals surface area contributed by atoms with Crippen molar-refractivity contribution in [1.29, 1.82) is 0 Å². The number of nitrogens with zero attached hydrogens (tertiary/aromatic N) is 4. The molecule has 2 aromatic rings. The van der Waals surface area contributed by atoms with Crippen molar-refractivity contribution < 1.29 is 9.47 Å². The zero-order valence-electron chi connectivity index (χ0n) is 14.1. The van der Waals surface area contributed by atoms with Crippen LogP contribution < -0.4 is 10.2 Å². The fraction of sp³-hybridized carbons (Fsp3) is 0.588. The van der Waals surface area contributed by atoms with Crippen molar-refractivity contribution in [3.05, 3.63) is 23.1 Å². The first-order valence-corrected chi connectivity index (χ1v) is 9.14. The number of hydrogen-bond acceptors (Lipinski definition) is 7. The smallest absolute Gasteiger partial charge is 0.225 e. The van der Waals surface area contributed by atoms with Crippen LogP contribution in [-0.4, -0.2) is 60.5 Å². The Morgan fingerprint density at radius 3 is 2.60 bits per heavy atom. The van der Waals surface area contributed by atoms with E-state index >= 15 is 0 Å². The Balaban J connectivity index is 1.58. The maximum absolute atomic E-state index is 6.11. The van der Waals surface area contributed by atoms with Gasteiger partial charge in [0.2, 0.25) is 5.28 Å². The van der Waals surface area contributed by atoms with E-state index in [4.69, 9.17) is 26.1 Å². The van der Waals surface area contributed by atoms with Crippen LogP contribution in [0.5, 0.6) is 0 Å². The van der Waals surface area contributed by atoms with Crippen LogP contribution in [0.2, 0.25) is 5.28 Å². The minimum Gasteiger partial charge on any atom is -0.381 e. The summed E-state index contributed by atoms with van der Waals surface area (Å²) in [7, 11) is 0. The van der Waals surface area contributed by atoms with Gasteiger partial charge in [-0.1, -0.05) is 0 Å². The van der Waals surface area contributed by atoms with Crippen molar-refractivity contribution >= 4 is 28.5 Å². The third-order valence-electron chi connectivity index (χ3n) is 4.66. The second kappa shape index (κ2) is 7.78. The van der Waals surface area contributed by atoms with E-state index in [-0.39, 0.29) is 5.28 Å². The van der Waals surface area contributed by atoms with E-state index in [9.17, 15) is 0 Å². The monoisotopic (exact) mass is 363 g/mol. The topological polar surface area (TPSA) is 72.4 Å². The standard InChI is InChI=1S/C17H22ClN5O2/c18-17-21-14-2-1-13(11-19-12-3-7-24-8-4-12)20-15(14)16(22-17)23-5-9-25-10-6-23/h1-2,12,19H,3-11H2. The van der Waals surface area contributed by atoms with E-state index in [2.05, 4.69) is 20.2 Å². The number of morpholine rings is 1. The Morgan fingerprint density at radius 2 is 1.80 bits per heavy atom. The summed E-state index contributed by atoms with van der Waals surface area (Å²) in [6, 6.07) is 4.47. The van der Waals surface area contributed by atoms with Crippen molar-refractivity contribution in [3.63, 3.8) is 0 Å². The summed E-state index contributed by atoms with van der Waals surface area (Å²) < 4.78 is 10.8. The molecule has 0 atom stereocenters. The molecule has 0 unspecified atom stereocenters. The highest BCUT2D eigenvalue weighted by Gasteiger charge is 2.19. The molecule has 2 saturated heterocycles. The number of ether oxygens (including phenoxy) is 2. The second-order valence-corrected chi connectivity index (χ2v) is 6.69. The molecular formula is C17H22ClN5O2. The minimum absolute atomic E-state index is 0.254. The molecule has 134 valence electrons. The molecule has 0 aromatic carbocycles. The molecular weight excluding hydrogens is 342 g/mol. The Kier molecular flexibility index (Phi) is 5.26. The number of anilines is 1. The highest BCUT2D eigenvalue weighted by molar-refractivity contribution is 6.28. The highest BCUT2D eigenvalue weighted by Crippen LogP contribution is 2.25. The molecule has 0 radical (unpaired) electrons. The molecule has 0 bridgehead atoms. The van der Waals surface area contributed by atoms with E-state index in [1.807, 2.05) is 12.1 Å². The fourth-order valence-corrected chi connectivity index (χ4v) is 3.43. The van der Waals surface area contributed by atoms with Gasteiger partial charge in [-0.05, 0) is 36.6 Å². The molecule has 25 heavy (non-hydrogen) atoms. The predicted molar refractivity (Wildman–Crippen MR) is 96.1 cm³/mol. The molecule has 1 N–H and O–H groups in total. The lowest BCUT2D eigenvalue weighted by atomic mass is 10.1. The maximum Gasteiger partial charge on any atom is 0.225 e. The average molecular weight is 364 g/mol. The van der Waals surface area contributed by atoms with E-state index in [1.165, 1.54) is 0 Å². The van der Waals surface area contributed by atoms with E-state index < -0.39 is 0 Å². The summed E-state index contributed by atoms with van der Waals surface area (Å²) >= 11 is 6.11. The van der Waals surface area contributed by atoms with Gasteiger partial charge >= 0.3 is 0 Å². The first-order valence-electron chi connectivity index (χ1n) is 8.76. The van der Waals surface area contributed by atoms with E-state index in [0.717, 1.165) is 68.2 Å². The third kappa shape index (κ3) is 4.00. The Bertz CT molecular complexity index is 732. The van der Waals surface area contributed by atoms with Crippen LogP contribution in [-0.2, 0) is 16.0 Å². The third-order valence-corrected chi connectivity index (χ3v) is 4.83. The molecule has 2 aromatic heterocycles. The summed E-state index contributed by atoms with van der Waals surface area (Å²) in [6.07, 6.45) is 2.09. The molecule has 2 fully saturated rings. The van der Waals surface area contributed by atoms with E-state index in [1.54, 1.807) is 0 Å². The zero-order valence-corrected chi connectivity index (χ0v) is 14.8. The number of aromatic nitrogens is 3. The summed E-state index contributed by atoms with van der Waals surface area (Å²) in [5.74, 6) is 0.797. The maximum atomic E-state index is 6.11. The SMILES string of the molecule is Clc1nc(N2CCOCC2)c2nc(CNC3CCOCC3)ccc2n1. The van der Waals surface area contributed by atoms with Crippen LogP contribution in [0.4, 0.5) is 5.82 Å². The van der Waals surface area contributed by atoms with Crippen LogP contribution in [0.15, 0.2) is 12.1 Å². The van der Waals surface area contributed by atoms with Gasteiger partial charge < -0.3 is 19.7 Å². The quantitative estimate of drug-likeness (QED) is 0.830. The van der Waals surface area contributed by atoms with Gasteiger partial charge in [0.05, 0.1) is 24.4 Å². The number of pyridine rings is 1. The van der Waals surface area contributed by atoms with Crippen LogP contribution in [0.1, 0.15) is 18.5 Å². The second-order valence-electron chi connectivity index (χ2n) is 6.35. The van der Waals surface area contributed by atoms with Crippen LogP contribution in [0.25, 0.3) is 11.0 Å². The molecule has 2 aliphatic heterocycles. The summed E-state index contributed by atoms with van der Waals surface area (Å²) in [5.41, 5.74) is 2.56. The Hall–Kier alpha value is -1.54. The molecule has 0 saturated carbocycles. The molecule has 7 nitrogen and oxygen atoms in total. The molecule has 0 spiro atoms. The van der Waals surface area contributed by atoms with Crippen molar-refractivity contribution in [1.82, 2.24) is 20.3 Å². The summed E-state index contributed by atoms with van der Waals surface area (Å²) in [4.78, 5) is 15.7. The lowest BCUT2D eigenvalue weighted by Crippen LogP contribution is -2.37. The Labute approximate surface area is 151 Å². The molecule has 4 heterocycles. The minimum atomic E-state index is 0.254. The molecule has 0 amide bonds. The van der Waals surface area contributed by atoms with Crippen molar-refractivity contribution in [2.45, 2.75) is 25.4 Å². The van der Waals surface area contributed by atoms with Gasteiger partial charge in [0, 0.05) is 38.9 Å². The van der Waals surface area contributed by atoms with Gasteiger partial charge in [-0.25, -0.2) is 9.97 Å². The van der Waals surface area contributed by atoms with E-state index in [0.29, 0.717) is 19.3 Å². The van der Waals surface area contributed by atoms with Gasteiger partial charge in [0.1, 0.15) is 5.52 Å². The normalized spacial score (nSPS) is 19.5. The molecule has 8 heteroatoms. The van der Waals surface area contributed by atoms with Crippen LogP contribution >= 0.6 is 11.6 Å². The lowest BCUT2D eigenvalue weighted by Gasteiger charge is -2.28. The van der Waals surface area contributed by atoms with Gasteiger partial charge in [-0.15, -0.1) is 0 Å². The number of halogens is 1. The van der Waals surface area contributed by atoms with Crippen molar-refractivity contribution in [2.75, 3.05) is 44.4 Å². The van der Waals surface area contributed by atoms with Gasteiger partial charge in [-0.2, -0.15) is 4.98 Å². The summed E-state index contributed by atoms with van der Waals surface area (Å²) in [6.45, 7) is 5.34. The molecule has 4 rings (SSSR count). The fourth-order valence-electron chi connectivity index (χ4n) is 3.26. The number of fused-ring (bicyclic) bond motifs is 1. The molecule has 2 aliphatic rings. The van der Waals surface area contributed by atoms with Crippen LogP contribution in [0, 0.1) is 0 Å². The number of nitrogens with one attached hydrogen (secondary N) is 1. The largest absolute Gasteiger partial charge is 0.381 e.